The van der Waals surface area contributed by atoms with Gasteiger partial charge in [0.2, 0.25) is 19.5 Å². The van der Waals surface area contributed by atoms with Gasteiger partial charge in [-0.1, -0.05) is 24.1 Å². The second-order valence-corrected chi connectivity index (χ2v) is 13.4. The predicted molar refractivity (Wildman–Crippen MR) is 189 cm³/mol. The molecule has 1 amide bonds. The number of likely N-dealkylation sites (tertiary alicyclic amines) is 2. The molecule has 6 heterocycles. The number of imidazole rings is 2. The smallest absolute Gasteiger partial charge is 0.231 e. The maximum absolute atomic E-state index is 13.3. The SMILES string of the molecule is O=C(CN1CCC[C@H]1c1ncc(C#Cc2ccc(-c3cnc([C@@H]4CCCN4C(=O)Cc4ccc5c(c4)OCO5)[nH]3)cc2)[nH]1)c1ccc2c(c1)OCO2. The highest BCUT2D eigenvalue weighted by Gasteiger charge is 2.33. The molecule has 0 unspecified atom stereocenters. The number of Topliss-reactive ketones (excluding diaryl/α,β-unsaturated/α-hetero) is 1. The Bertz CT molecular complexity index is 2210. The van der Waals surface area contributed by atoms with Gasteiger partial charge in [-0.2, -0.15) is 0 Å². The second kappa shape index (κ2) is 13.6. The van der Waals surface area contributed by atoms with Crippen molar-refractivity contribution in [3.05, 3.63) is 107 Å². The van der Waals surface area contributed by atoms with Gasteiger partial charge >= 0.3 is 0 Å². The third-order valence-electron chi connectivity index (χ3n) is 10.1. The quantitative estimate of drug-likeness (QED) is 0.157. The van der Waals surface area contributed by atoms with E-state index in [1.54, 1.807) is 24.4 Å². The summed E-state index contributed by atoms with van der Waals surface area (Å²) in [7, 11) is 0. The summed E-state index contributed by atoms with van der Waals surface area (Å²) in [5.74, 6) is 10.8. The number of nitrogens with one attached hydrogen (secondary N) is 2. The number of benzene rings is 3. The fourth-order valence-electron chi connectivity index (χ4n) is 7.44. The van der Waals surface area contributed by atoms with Crippen LogP contribution in [0.3, 0.4) is 0 Å². The number of carbonyl (C=O) groups excluding carboxylic acids is 2. The lowest BCUT2D eigenvalue weighted by molar-refractivity contribution is -0.131. The van der Waals surface area contributed by atoms with Crippen LogP contribution in [0.15, 0.2) is 73.1 Å². The Labute approximate surface area is 300 Å². The van der Waals surface area contributed by atoms with Crippen LogP contribution in [0, 0.1) is 11.8 Å². The number of aromatic nitrogens is 4. The summed E-state index contributed by atoms with van der Waals surface area (Å²) < 4.78 is 21.7. The monoisotopic (exact) mass is 696 g/mol. The van der Waals surface area contributed by atoms with Crippen LogP contribution in [-0.4, -0.2) is 74.6 Å². The molecule has 2 saturated heterocycles. The summed E-state index contributed by atoms with van der Waals surface area (Å²) in [6.07, 6.45) is 7.58. The third-order valence-corrected chi connectivity index (χ3v) is 10.1. The molecule has 2 aromatic heterocycles. The Balaban J connectivity index is 0.820. The van der Waals surface area contributed by atoms with Gasteiger partial charge < -0.3 is 33.8 Å². The Morgan fingerprint density at radius 2 is 1.46 bits per heavy atom. The molecule has 0 spiro atoms. The molecule has 0 bridgehead atoms. The van der Waals surface area contributed by atoms with E-state index in [1.165, 1.54) is 0 Å². The molecule has 9 rings (SSSR count). The van der Waals surface area contributed by atoms with Crippen LogP contribution in [-0.2, 0) is 11.2 Å². The van der Waals surface area contributed by atoms with Gasteiger partial charge in [-0.25, -0.2) is 9.97 Å². The van der Waals surface area contributed by atoms with Gasteiger partial charge in [-0.3, -0.25) is 14.5 Å². The van der Waals surface area contributed by atoms with Crippen molar-refractivity contribution in [2.45, 2.75) is 44.2 Å². The van der Waals surface area contributed by atoms with Crippen molar-refractivity contribution >= 4 is 11.7 Å². The van der Waals surface area contributed by atoms with E-state index in [-0.39, 0.29) is 37.4 Å². The number of hydrogen-bond acceptors (Lipinski definition) is 9. The first kappa shape index (κ1) is 31.9. The molecule has 3 aromatic carbocycles. The summed E-state index contributed by atoms with van der Waals surface area (Å²) in [5.41, 5.74) is 4.98. The van der Waals surface area contributed by atoms with E-state index in [2.05, 4.69) is 36.7 Å². The van der Waals surface area contributed by atoms with Crippen LogP contribution < -0.4 is 18.9 Å². The first-order valence-electron chi connectivity index (χ1n) is 17.6. The molecule has 5 aromatic rings. The maximum atomic E-state index is 13.3. The van der Waals surface area contributed by atoms with E-state index in [9.17, 15) is 9.59 Å². The fourth-order valence-corrected chi connectivity index (χ4v) is 7.44. The van der Waals surface area contributed by atoms with E-state index in [1.807, 2.05) is 53.6 Å². The van der Waals surface area contributed by atoms with E-state index < -0.39 is 0 Å². The third kappa shape index (κ3) is 6.35. The number of nitrogens with zero attached hydrogens (tertiary/aromatic N) is 4. The number of ketones is 1. The Morgan fingerprint density at radius 1 is 0.750 bits per heavy atom. The lowest BCUT2D eigenvalue weighted by Gasteiger charge is -2.23. The largest absolute Gasteiger partial charge is 0.454 e. The summed E-state index contributed by atoms with van der Waals surface area (Å²) in [6.45, 7) is 2.22. The number of rotatable bonds is 8. The molecule has 2 fully saturated rings. The van der Waals surface area contributed by atoms with Crippen molar-refractivity contribution in [1.82, 2.24) is 29.7 Å². The molecule has 52 heavy (non-hydrogen) atoms. The number of fused-ring (bicyclic) bond motifs is 2. The number of H-pyrrole nitrogens is 2. The second-order valence-electron chi connectivity index (χ2n) is 13.4. The molecule has 0 aliphatic carbocycles. The number of ether oxygens (including phenoxy) is 4. The minimum absolute atomic E-state index is 0.0246. The van der Waals surface area contributed by atoms with Crippen LogP contribution in [0.5, 0.6) is 23.0 Å². The zero-order chi connectivity index (χ0) is 35.0. The molecule has 0 radical (unpaired) electrons. The van der Waals surface area contributed by atoms with Gasteiger partial charge in [0.25, 0.3) is 0 Å². The Morgan fingerprint density at radius 3 is 2.31 bits per heavy atom. The molecule has 4 aliphatic heterocycles. The van der Waals surface area contributed by atoms with Gasteiger partial charge in [-0.15, -0.1) is 0 Å². The van der Waals surface area contributed by atoms with Crippen molar-refractivity contribution in [3.8, 4) is 46.1 Å². The average molecular weight is 697 g/mol. The highest BCUT2D eigenvalue weighted by atomic mass is 16.7. The van der Waals surface area contributed by atoms with Gasteiger partial charge in [0, 0.05) is 17.7 Å². The Kier molecular flexibility index (Phi) is 8.33. The molecular formula is C40H36N6O6. The van der Waals surface area contributed by atoms with Gasteiger partial charge in [0.15, 0.2) is 28.8 Å². The Hall–Kier alpha value is -6.06. The summed E-state index contributed by atoms with van der Waals surface area (Å²) >= 11 is 0. The summed E-state index contributed by atoms with van der Waals surface area (Å²) in [5, 5.41) is 0. The number of amides is 1. The lowest BCUT2D eigenvalue weighted by Crippen LogP contribution is -2.32. The first-order valence-corrected chi connectivity index (χ1v) is 17.6. The van der Waals surface area contributed by atoms with Crippen LogP contribution in [0.2, 0.25) is 0 Å². The molecule has 2 atom stereocenters. The zero-order valence-corrected chi connectivity index (χ0v) is 28.4. The molecule has 12 heteroatoms. The first-order chi connectivity index (χ1) is 25.5. The van der Waals surface area contributed by atoms with Crippen molar-refractivity contribution in [2.24, 2.45) is 0 Å². The zero-order valence-electron chi connectivity index (χ0n) is 28.4. The van der Waals surface area contributed by atoms with Crippen LogP contribution in [0.25, 0.3) is 11.3 Å². The number of carbonyl (C=O) groups is 2. The topological polar surface area (TPSA) is 135 Å². The lowest BCUT2D eigenvalue weighted by atomic mass is 10.1. The van der Waals surface area contributed by atoms with Crippen LogP contribution >= 0.6 is 0 Å². The van der Waals surface area contributed by atoms with Crippen LogP contribution in [0.1, 0.15) is 76.6 Å². The van der Waals surface area contributed by atoms with Gasteiger partial charge in [-0.05, 0) is 91.7 Å². The summed E-state index contributed by atoms with van der Waals surface area (Å²) in [6, 6.07) is 18.9. The molecule has 2 N–H and O–H groups in total. The maximum Gasteiger partial charge on any atom is 0.231 e. The molecule has 12 nitrogen and oxygen atoms in total. The fraction of sp³-hybridized carbons (Fsp3) is 0.300. The van der Waals surface area contributed by atoms with Crippen molar-refractivity contribution < 1.29 is 28.5 Å². The number of hydrogen-bond donors (Lipinski definition) is 2. The normalized spacial score (nSPS) is 18.8. The summed E-state index contributed by atoms with van der Waals surface area (Å²) in [4.78, 5) is 46.7. The van der Waals surface area contributed by atoms with Crippen LogP contribution in [0.4, 0.5) is 0 Å². The predicted octanol–water partition coefficient (Wildman–Crippen LogP) is 5.58. The molecular weight excluding hydrogens is 660 g/mol. The van der Waals surface area contributed by atoms with E-state index in [0.29, 0.717) is 48.1 Å². The number of aromatic amines is 2. The van der Waals surface area contributed by atoms with Crippen molar-refractivity contribution in [1.29, 1.82) is 0 Å². The molecule has 4 aliphatic rings. The highest BCUT2D eigenvalue weighted by Crippen LogP contribution is 2.36. The van der Waals surface area contributed by atoms with Crippen molar-refractivity contribution in [3.63, 3.8) is 0 Å². The standard InChI is InChI=1S/C40H36N6O6/c47-33(28-11-14-35-37(19-28)52-24-50-35)22-45-15-1-3-31(45)39-41-20-29(43-39)12-7-25-5-9-27(10-6-25)30-21-42-40(44-30)32-4-2-16-46(32)38(48)18-26-8-13-34-36(17-26)51-23-49-34/h5-6,8-11,13-14,17,19-21,31-32H,1-4,15-16,18,22-24H2,(H,41,43)(H,42,44)/t31-,32-/m0/s1. The minimum Gasteiger partial charge on any atom is -0.454 e. The molecule has 262 valence electrons. The van der Waals surface area contributed by atoms with E-state index in [4.69, 9.17) is 18.9 Å². The average Bonchev–Trinajstić information content (AvgIpc) is 4.01. The minimum atomic E-state index is -0.0911. The van der Waals surface area contributed by atoms with Gasteiger partial charge in [0.05, 0.1) is 43.1 Å². The van der Waals surface area contributed by atoms with E-state index in [0.717, 1.165) is 72.0 Å². The van der Waals surface area contributed by atoms with E-state index >= 15 is 0 Å². The van der Waals surface area contributed by atoms with Gasteiger partial charge in [0.1, 0.15) is 17.3 Å². The van der Waals surface area contributed by atoms with Crippen molar-refractivity contribution in [2.75, 3.05) is 33.2 Å². The molecule has 0 saturated carbocycles. The highest BCUT2D eigenvalue weighted by molar-refractivity contribution is 5.98.